The fraction of sp³-hybridized carbons (Fsp3) is 0.391. The van der Waals surface area contributed by atoms with Gasteiger partial charge in [0.1, 0.15) is 41.8 Å². The number of rotatable bonds is 19. The zero-order valence-corrected chi connectivity index (χ0v) is 42.5. The molecule has 5 amide bonds. The van der Waals surface area contributed by atoms with Gasteiger partial charge in [-0.25, -0.2) is 33.9 Å². The minimum absolute atomic E-state index is 0.0310. The summed E-state index contributed by atoms with van der Waals surface area (Å²) in [6, 6.07) is 16.6. The van der Waals surface area contributed by atoms with Gasteiger partial charge in [0, 0.05) is 11.4 Å². The van der Waals surface area contributed by atoms with Gasteiger partial charge in [0.2, 0.25) is 5.60 Å². The summed E-state index contributed by atoms with van der Waals surface area (Å²) in [7, 11) is -5.29. The summed E-state index contributed by atoms with van der Waals surface area (Å²) in [5.74, 6) is -3.22. The molecular weight excluding hydrogens is 997 g/mol. The number of hydrogen-bond donors (Lipinski definition) is 5. The predicted octanol–water partition coefficient (Wildman–Crippen LogP) is 3.09. The number of aliphatic hydroxyl groups excluding tert-OH is 2. The molecule has 1 fully saturated rings. The molecule has 4 heterocycles. The molecule has 0 bridgehead atoms. The lowest BCUT2D eigenvalue weighted by molar-refractivity contribution is -0.179. The van der Waals surface area contributed by atoms with E-state index in [-0.39, 0.29) is 45.3 Å². The summed E-state index contributed by atoms with van der Waals surface area (Å²) in [5.41, 5.74) is -4.26. The maximum Gasteiger partial charge on any atom is 0.413 e. The van der Waals surface area contributed by atoms with Crippen LogP contribution < -0.4 is 30.5 Å². The number of amides is 5. The van der Waals surface area contributed by atoms with Crippen molar-refractivity contribution in [2.45, 2.75) is 104 Å². The topological polar surface area (TPSA) is 323 Å². The third kappa shape index (κ3) is 14.5. The first-order valence-corrected chi connectivity index (χ1v) is 24.5. The summed E-state index contributed by atoms with van der Waals surface area (Å²) in [4.78, 5) is 94.2. The molecule has 0 saturated carbocycles. The smallest absolute Gasteiger partial charge is 0.413 e. The first-order valence-electron chi connectivity index (χ1n) is 22.2. The number of nitrogens with zero attached hydrogens (tertiary/aromatic N) is 7. The molecule has 1 saturated heterocycles. The zero-order valence-electron chi connectivity index (χ0n) is 40.8. The Morgan fingerprint density at radius 2 is 1.49 bits per heavy atom. The largest absolute Gasteiger partial charge is 0.485 e. The van der Waals surface area contributed by atoms with Crippen LogP contribution >= 0.6 is 11.3 Å². The highest BCUT2D eigenvalue weighted by molar-refractivity contribution is 7.88. The SMILES string of the molecule is CC(C)(C)OC(=O)Nc1nc(C(=NOC(C)(C)C(=O)OC(C)(C)C)C(=O)N[C@H]2CN(C(=O)NS(=O)(=O)n3nc(-c4cc(OCc5ccccc5)c(OCc5ccccc5)cn4)n(CC(O)CO)c3=O)C2=O)cs1. The molecule has 3 aromatic heterocycles. The van der Waals surface area contributed by atoms with Crippen LogP contribution in [0.25, 0.3) is 11.5 Å². The summed E-state index contributed by atoms with van der Waals surface area (Å²) in [5, 5.41) is 34.0. The lowest BCUT2D eigenvalue weighted by atomic mass is 10.1. The minimum atomic E-state index is -5.29. The molecule has 5 aromatic rings. The Hall–Kier alpha value is -7.75. The van der Waals surface area contributed by atoms with E-state index in [1.807, 2.05) is 60.7 Å². The van der Waals surface area contributed by atoms with E-state index in [1.54, 1.807) is 46.3 Å². The van der Waals surface area contributed by atoms with Crippen LogP contribution in [0.2, 0.25) is 0 Å². The standard InChI is InChI=1S/C46H54N10O15S2/c1-44(2,3)69-39(61)46(7,8)71-52-35(32-26-72-40(49-32)50-42(63)70-45(4,5)6)37(59)48-31-22-55(38(31)60)41(62)53-73(65,66)56-43(64)54(21-29(58)23-57)36(51-56)30-19-33(67-24-27-15-11-9-12-16-27)34(20-47-30)68-25-28-17-13-10-14-18-28/h9-20,26,29,31,57-58H,21-25H2,1-8H3,(H,48,59)(H,53,62)(H,49,50,63)/t29?,31-/m0/s1. The molecule has 27 heteroatoms. The van der Waals surface area contributed by atoms with Gasteiger partial charge in [-0.15, -0.1) is 16.4 Å². The van der Waals surface area contributed by atoms with Crippen LogP contribution in [0.4, 0.5) is 14.7 Å². The molecule has 0 aliphatic carbocycles. The molecule has 6 rings (SSSR count). The first-order chi connectivity index (χ1) is 34.2. The van der Waals surface area contributed by atoms with Crippen molar-refractivity contribution in [3.05, 3.63) is 106 Å². The number of oxime groups is 1. The Labute approximate surface area is 422 Å². The number of β-lactam (4-membered cyclic amide) rings is 1. The van der Waals surface area contributed by atoms with Crippen LogP contribution in [0.5, 0.6) is 11.5 Å². The van der Waals surface area contributed by atoms with Gasteiger partial charge in [0.05, 0.1) is 32.0 Å². The second-order valence-corrected chi connectivity index (χ2v) is 20.9. The number of thiazole rings is 1. The van der Waals surface area contributed by atoms with Gasteiger partial charge in [-0.1, -0.05) is 69.9 Å². The number of urea groups is 1. The number of esters is 1. The summed E-state index contributed by atoms with van der Waals surface area (Å²) in [6.07, 6.45) is -1.19. The first kappa shape index (κ1) is 54.6. The number of aromatic nitrogens is 5. The number of likely N-dealkylation sites (tertiary alicyclic amines) is 1. The average molecular weight is 1050 g/mol. The number of anilines is 1. The molecule has 2 aromatic carbocycles. The van der Waals surface area contributed by atoms with E-state index in [0.717, 1.165) is 22.5 Å². The van der Waals surface area contributed by atoms with E-state index in [9.17, 15) is 47.4 Å². The molecule has 2 atom stereocenters. The van der Waals surface area contributed by atoms with E-state index in [2.05, 4.69) is 30.9 Å². The molecule has 0 radical (unpaired) electrons. The van der Waals surface area contributed by atoms with Crippen molar-refractivity contribution >= 4 is 62.3 Å². The molecule has 1 aliphatic rings. The van der Waals surface area contributed by atoms with Gasteiger partial charge in [0.15, 0.2) is 28.2 Å². The summed E-state index contributed by atoms with van der Waals surface area (Å²) >= 11 is 0.868. The lowest BCUT2D eigenvalue weighted by Crippen LogP contribution is -2.68. The molecular formula is C46H54N10O15S2. The number of ether oxygens (including phenoxy) is 4. The van der Waals surface area contributed by atoms with Crippen LogP contribution in [0.1, 0.15) is 72.2 Å². The Morgan fingerprint density at radius 1 is 0.890 bits per heavy atom. The van der Waals surface area contributed by atoms with Crippen LogP contribution in [-0.4, -0.2) is 125 Å². The third-order valence-corrected chi connectivity index (χ3v) is 11.6. The maximum absolute atomic E-state index is 13.8. The Kier molecular flexibility index (Phi) is 16.7. The van der Waals surface area contributed by atoms with Crippen molar-refractivity contribution in [2.24, 2.45) is 5.16 Å². The number of benzene rings is 2. The number of aliphatic hydroxyl groups is 2. The predicted molar refractivity (Wildman–Crippen MR) is 260 cm³/mol. The molecule has 5 N–H and O–H groups in total. The zero-order chi connectivity index (χ0) is 53.5. The monoisotopic (exact) mass is 1050 g/mol. The number of hydrogen-bond acceptors (Lipinski definition) is 20. The molecule has 1 aliphatic heterocycles. The van der Waals surface area contributed by atoms with E-state index in [1.165, 1.54) is 31.5 Å². The average Bonchev–Trinajstić information content (AvgIpc) is 3.91. The second-order valence-electron chi connectivity index (χ2n) is 18.6. The quantitative estimate of drug-likeness (QED) is 0.0343. The molecule has 1 unspecified atom stereocenters. The maximum atomic E-state index is 13.8. The van der Waals surface area contributed by atoms with E-state index < -0.39 is 106 Å². The molecule has 25 nitrogen and oxygen atoms in total. The van der Waals surface area contributed by atoms with Crippen molar-refractivity contribution in [1.82, 2.24) is 38.7 Å². The van der Waals surface area contributed by atoms with E-state index >= 15 is 0 Å². The number of imide groups is 1. The van der Waals surface area contributed by atoms with Crippen LogP contribution in [-0.2, 0) is 58.7 Å². The van der Waals surface area contributed by atoms with Crippen molar-refractivity contribution in [3.63, 3.8) is 0 Å². The highest BCUT2D eigenvalue weighted by Gasteiger charge is 2.44. The van der Waals surface area contributed by atoms with Gasteiger partial charge in [-0.2, -0.15) is 8.42 Å². The van der Waals surface area contributed by atoms with Crippen LogP contribution in [0, 0.1) is 0 Å². The van der Waals surface area contributed by atoms with Crippen LogP contribution in [0.3, 0.4) is 0 Å². The Bertz CT molecular complexity index is 3040. The Morgan fingerprint density at radius 3 is 2.07 bits per heavy atom. The van der Waals surface area contributed by atoms with Gasteiger partial charge < -0.3 is 39.3 Å². The highest BCUT2D eigenvalue weighted by Crippen LogP contribution is 2.32. The molecule has 390 valence electrons. The van der Waals surface area contributed by atoms with Gasteiger partial charge in [-0.05, 0) is 66.5 Å². The highest BCUT2D eigenvalue weighted by atomic mass is 32.2. The second kappa shape index (κ2) is 22.3. The van der Waals surface area contributed by atoms with Gasteiger partial charge >= 0.3 is 34.0 Å². The fourth-order valence-electron chi connectivity index (χ4n) is 6.18. The number of nitrogens with one attached hydrogen (secondary N) is 3. The van der Waals surface area contributed by atoms with Crippen LogP contribution in [0.15, 0.2) is 88.3 Å². The van der Waals surface area contributed by atoms with E-state index in [0.29, 0.717) is 9.47 Å². The van der Waals surface area contributed by atoms with Gasteiger partial charge in [-0.3, -0.25) is 24.4 Å². The van der Waals surface area contributed by atoms with Crippen molar-refractivity contribution in [3.8, 4) is 23.0 Å². The van der Waals surface area contributed by atoms with Crippen molar-refractivity contribution < 1.29 is 66.4 Å². The number of carbonyl (C=O) groups is 5. The van der Waals surface area contributed by atoms with Crippen molar-refractivity contribution in [1.29, 1.82) is 0 Å². The lowest BCUT2D eigenvalue weighted by Gasteiger charge is -2.36. The fourth-order valence-corrected chi connectivity index (χ4v) is 7.77. The third-order valence-electron chi connectivity index (χ3n) is 9.72. The van der Waals surface area contributed by atoms with Gasteiger partial charge in [0.25, 0.3) is 11.8 Å². The van der Waals surface area contributed by atoms with Crippen molar-refractivity contribution in [2.75, 3.05) is 18.5 Å². The Balaban J connectivity index is 1.21. The summed E-state index contributed by atoms with van der Waals surface area (Å²) in [6.45, 7) is 10.5. The summed E-state index contributed by atoms with van der Waals surface area (Å²) < 4.78 is 52.5. The minimum Gasteiger partial charge on any atom is -0.485 e. The number of carbonyl (C=O) groups excluding carboxylic acids is 5. The molecule has 0 spiro atoms. The van der Waals surface area contributed by atoms with E-state index in [4.69, 9.17) is 23.8 Å². The number of pyridine rings is 1. The normalized spacial score (nSPS) is 14.6. The molecule has 73 heavy (non-hydrogen) atoms.